The van der Waals surface area contributed by atoms with Crippen molar-refractivity contribution < 1.29 is 27.5 Å². The third-order valence-electron chi connectivity index (χ3n) is 4.84. The smallest absolute Gasteiger partial charge is 0.337 e. The van der Waals surface area contributed by atoms with Crippen LogP contribution in [0.25, 0.3) is 0 Å². The number of nitrogens with one attached hydrogen (secondary N) is 1. The Balaban J connectivity index is 0.00000392. The van der Waals surface area contributed by atoms with E-state index >= 15 is 0 Å². The number of sulfonamides is 1. The molecule has 1 unspecified atom stereocenters. The molecule has 1 saturated carbocycles. The lowest BCUT2D eigenvalue weighted by Crippen LogP contribution is -2.45. The Kier molecular flexibility index (Phi) is 9.35. The van der Waals surface area contributed by atoms with Gasteiger partial charge in [0.15, 0.2) is 0 Å². The molecular formula is C18H27ClN2O6S. The van der Waals surface area contributed by atoms with Crippen LogP contribution in [0.15, 0.2) is 23.1 Å². The highest BCUT2D eigenvalue weighted by molar-refractivity contribution is 7.89. The average Bonchev–Trinajstić information content (AvgIpc) is 2.71. The van der Waals surface area contributed by atoms with Gasteiger partial charge in [-0.15, -0.1) is 12.4 Å². The van der Waals surface area contributed by atoms with E-state index in [1.54, 1.807) is 0 Å². The highest BCUT2D eigenvalue weighted by Gasteiger charge is 2.28. The SMILES string of the molecule is COC(=O)c1cc(C(=O)OC)cc(S(=O)(=O)NC(CN)C2CCCCC2)c1.Cl. The van der Waals surface area contributed by atoms with Crippen molar-refractivity contribution in [2.75, 3.05) is 20.8 Å². The van der Waals surface area contributed by atoms with E-state index in [1.807, 2.05) is 0 Å². The molecule has 1 aliphatic rings. The van der Waals surface area contributed by atoms with Crippen molar-refractivity contribution in [1.82, 2.24) is 4.72 Å². The largest absolute Gasteiger partial charge is 0.465 e. The van der Waals surface area contributed by atoms with Gasteiger partial charge in [0.2, 0.25) is 10.0 Å². The third-order valence-corrected chi connectivity index (χ3v) is 6.31. The number of nitrogens with two attached hydrogens (primary N) is 1. The van der Waals surface area contributed by atoms with Gasteiger partial charge in [-0.2, -0.15) is 0 Å². The van der Waals surface area contributed by atoms with Gasteiger partial charge in [0.05, 0.1) is 30.2 Å². The predicted octanol–water partition coefficient (Wildman–Crippen LogP) is 1.87. The Morgan fingerprint density at radius 1 is 1.07 bits per heavy atom. The number of esters is 2. The molecule has 0 amide bonds. The fourth-order valence-corrected chi connectivity index (χ4v) is 4.75. The van der Waals surface area contributed by atoms with E-state index in [9.17, 15) is 18.0 Å². The lowest BCUT2D eigenvalue weighted by atomic mass is 9.84. The van der Waals surface area contributed by atoms with Gasteiger partial charge in [0, 0.05) is 12.6 Å². The van der Waals surface area contributed by atoms with Gasteiger partial charge in [-0.1, -0.05) is 19.3 Å². The minimum Gasteiger partial charge on any atom is -0.465 e. The van der Waals surface area contributed by atoms with Crippen molar-refractivity contribution in [2.24, 2.45) is 11.7 Å². The number of rotatable bonds is 7. The average molecular weight is 435 g/mol. The van der Waals surface area contributed by atoms with Gasteiger partial charge in [-0.05, 0) is 37.0 Å². The second kappa shape index (κ2) is 10.8. The first-order valence-corrected chi connectivity index (χ1v) is 10.3. The summed E-state index contributed by atoms with van der Waals surface area (Å²) in [5.41, 5.74) is 5.71. The molecule has 1 aromatic rings. The predicted molar refractivity (Wildman–Crippen MR) is 106 cm³/mol. The molecule has 0 bridgehead atoms. The van der Waals surface area contributed by atoms with Crippen molar-refractivity contribution in [1.29, 1.82) is 0 Å². The number of carbonyl (C=O) groups is 2. The molecule has 0 aromatic heterocycles. The Morgan fingerprint density at radius 2 is 1.57 bits per heavy atom. The molecule has 1 aromatic carbocycles. The van der Waals surface area contributed by atoms with Crippen molar-refractivity contribution in [2.45, 2.75) is 43.0 Å². The van der Waals surface area contributed by atoms with Crippen molar-refractivity contribution in [3.8, 4) is 0 Å². The van der Waals surface area contributed by atoms with E-state index in [0.29, 0.717) is 0 Å². The molecule has 1 atom stereocenters. The number of hydrogen-bond acceptors (Lipinski definition) is 7. The third kappa shape index (κ3) is 5.91. The first kappa shape index (κ1) is 24.4. The monoisotopic (exact) mass is 434 g/mol. The quantitative estimate of drug-likeness (QED) is 0.627. The normalized spacial score (nSPS) is 16.0. The van der Waals surface area contributed by atoms with Crippen LogP contribution in [-0.2, 0) is 19.5 Å². The van der Waals surface area contributed by atoms with Crippen LogP contribution in [0.3, 0.4) is 0 Å². The molecule has 2 rings (SSSR count). The Labute approximate surface area is 171 Å². The zero-order chi connectivity index (χ0) is 20.0. The van der Waals surface area contributed by atoms with E-state index in [1.165, 1.54) is 32.4 Å². The minimum atomic E-state index is -3.99. The summed E-state index contributed by atoms with van der Waals surface area (Å²) in [5.74, 6) is -1.33. The number of carbonyl (C=O) groups excluding carboxylic acids is 2. The first-order valence-electron chi connectivity index (χ1n) is 8.86. The van der Waals surface area contributed by atoms with E-state index < -0.39 is 28.0 Å². The number of benzene rings is 1. The zero-order valence-corrected chi connectivity index (χ0v) is 17.6. The van der Waals surface area contributed by atoms with Gasteiger partial charge >= 0.3 is 11.9 Å². The van der Waals surface area contributed by atoms with Crippen molar-refractivity contribution in [3.05, 3.63) is 29.3 Å². The van der Waals surface area contributed by atoms with Crippen LogP contribution in [0.5, 0.6) is 0 Å². The van der Waals surface area contributed by atoms with Crippen LogP contribution in [0.4, 0.5) is 0 Å². The molecular weight excluding hydrogens is 408 g/mol. The molecule has 0 aliphatic heterocycles. The maximum atomic E-state index is 12.9. The Morgan fingerprint density at radius 3 is 2.00 bits per heavy atom. The lowest BCUT2D eigenvalue weighted by Gasteiger charge is -2.29. The Bertz CT molecular complexity index is 759. The summed E-state index contributed by atoms with van der Waals surface area (Å²) in [7, 11) is -1.65. The molecule has 0 radical (unpaired) electrons. The fourth-order valence-electron chi connectivity index (χ4n) is 3.37. The molecule has 0 heterocycles. The number of halogens is 1. The van der Waals surface area contributed by atoms with Crippen molar-refractivity contribution >= 4 is 34.4 Å². The molecule has 1 aliphatic carbocycles. The number of hydrogen-bond donors (Lipinski definition) is 2. The maximum absolute atomic E-state index is 12.9. The van der Waals surface area contributed by atoms with E-state index in [4.69, 9.17) is 5.73 Å². The Hall–Kier alpha value is -1.68. The molecule has 158 valence electrons. The summed E-state index contributed by atoms with van der Waals surface area (Å²) in [6, 6.07) is 3.18. The molecule has 0 saturated heterocycles. The summed E-state index contributed by atoms with van der Waals surface area (Å²) in [4.78, 5) is 23.5. The first-order chi connectivity index (χ1) is 12.8. The van der Waals surface area contributed by atoms with E-state index in [0.717, 1.165) is 32.1 Å². The molecule has 28 heavy (non-hydrogen) atoms. The second-order valence-corrected chi connectivity index (χ2v) is 8.30. The fraction of sp³-hybridized carbons (Fsp3) is 0.556. The van der Waals surface area contributed by atoms with Crippen LogP contribution in [0.1, 0.15) is 52.8 Å². The molecule has 1 fully saturated rings. The maximum Gasteiger partial charge on any atom is 0.337 e. The van der Waals surface area contributed by atoms with E-state index in [-0.39, 0.29) is 40.9 Å². The standard InChI is InChI=1S/C18H26N2O6S.ClH/c1-25-17(21)13-8-14(18(22)26-2)10-15(9-13)27(23,24)20-16(11-19)12-6-4-3-5-7-12;/h8-10,12,16,20H,3-7,11,19H2,1-2H3;1H. The van der Waals surface area contributed by atoms with Crippen molar-refractivity contribution in [3.63, 3.8) is 0 Å². The zero-order valence-electron chi connectivity index (χ0n) is 16.0. The van der Waals surface area contributed by atoms with Gasteiger partial charge in [-0.3, -0.25) is 0 Å². The summed E-state index contributed by atoms with van der Waals surface area (Å²) < 4.78 is 37.7. The van der Waals surface area contributed by atoms with E-state index in [2.05, 4.69) is 14.2 Å². The number of methoxy groups -OCH3 is 2. The van der Waals surface area contributed by atoms with Crippen LogP contribution in [-0.4, -0.2) is 47.2 Å². The second-order valence-electron chi connectivity index (χ2n) is 6.59. The molecule has 3 N–H and O–H groups in total. The topological polar surface area (TPSA) is 125 Å². The van der Waals surface area contributed by atoms with Crippen LogP contribution >= 0.6 is 12.4 Å². The van der Waals surface area contributed by atoms with Crippen LogP contribution in [0, 0.1) is 5.92 Å². The van der Waals surface area contributed by atoms with Gasteiger partial charge in [-0.25, -0.2) is 22.7 Å². The highest BCUT2D eigenvalue weighted by atomic mass is 35.5. The van der Waals surface area contributed by atoms with Crippen LogP contribution < -0.4 is 10.5 Å². The number of ether oxygens (including phenoxy) is 2. The summed E-state index contributed by atoms with van der Waals surface area (Å²) in [6.07, 6.45) is 5.07. The summed E-state index contributed by atoms with van der Waals surface area (Å²) in [6.45, 7) is 0.171. The molecule has 8 nitrogen and oxygen atoms in total. The van der Waals surface area contributed by atoms with Gasteiger partial charge in [0.25, 0.3) is 0 Å². The molecule has 0 spiro atoms. The lowest BCUT2D eigenvalue weighted by molar-refractivity contribution is 0.0598. The van der Waals surface area contributed by atoms with Gasteiger partial charge in [0.1, 0.15) is 0 Å². The molecule has 10 heteroatoms. The summed E-state index contributed by atoms with van der Waals surface area (Å²) >= 11 is 0. The van der Waals surface area contributed by atoms with Gasteiger partial charge < -0.3 is 15.2 Å². The summed E-state index contributed by atoms with van der Waals surface area (Å²) in [5, 5.41) is 0. The van der Waals surface area contributed by atoms with Crippen LogP contribution in [0.2, 0.25) is 0 Å². The minimum absolute atomic E-state index is 0. The highest BCUT2D eigenvalue weighted by Crippen LogP contribution is 2.27.